The van der Waals surface area contributed by atoms with Gasteiger partial charge in [0.05, 0.1) is 10.1 Å². The summed E-state index contributed by atoms with van der Waals surface area (Å²) in [6, 6.07) is 8.14. The number of aromatic nitrogens is 1. The minimum atomic E-state index is -0.332. The second kappa shape index (κ2) is 7.32. The van der Waals surface area contributed by atoms with E-state index in [1.807, 2.05) is 31.3 Å². The highest BCUT2D eigenvalue weighted by Crippen LogP contribution is 2.49. The quantitative estimate of drug-likeness (QED) is 0.876. The van der Waals surface area contributed by atoms with Crippen molar-refractivity contribution in [2.75, 3.05) is 20.1 Å². The summed E-state index contributed by atoms with van der Waals surface area (Å²) in [5, 5.41) is 1.08. The summed E-state index contributed by atoms with van der Waals surface area (Å²) >= 11 is 1.73. The lowest BCUT2D eigenvalue weighted by atomic mass is 10.0. The molecule has 1 atom stereocenters. The van der Waals surface area contributed by atoms with Crippen molar-refractivity contribution in [3.8, 4) is 0 Å². The third kappa shape index (κ3) is 3.29. The number of aromatic amines is 1. The van der Waals surface area contributed by atoms with Crippen molar-refractivity contribution < 1.29 is 9.59 Å². The molecular weight excluding hydrogens is 358 g/mol. The van der Waals surface area contributed by atoms with Crippen molar-refractivity contribution in [2.45, 2.75) is 49.1 Å². The Morgan fingerprint density at radius 3 is 2.78 bits per heavy atom. The minimum absolute atomic E-state index is 0.0155. The van der Waals surface area contributed by atoms with Crippen LogP contribution in [0, 0.1) is 0 Å². The first-order chi connectivity index (χ1) is 13.0. The van der Waals surface area contributed by atoms with Gasteiger partial charge in [-0.05, 0) is 44.4 Å². The maximum Gasteiger partial charge on any atom is 0.243 e. The molecule has 0 bridgehead atoms. The van der Waals surface area contributed by atoms with Crippen LogP contribution in [-0.4, -0.2) is 56.9 Å². The van der Waals surface area contributed by atoms with Crippen LogP contribution in [0.3, 0.4) is 0 Å². The zero-order valence-electron chi connectivity index (χ0n) is 16.0. The van der Waals surface area contributed by atoms with Gasteiger partial charge in [-0.15, -0.1) is 11.8 Å². The number of imide groups is 1. The molecule has 0 saturated carbocycles. The van der Waals surface area contributed by atoms with Gasteiger partial charge in [-0.1, -0.05) is 25.1 Å². The topological polar surface area (TPSA) is 56.4 Å². The number of rotatable bonds is 4. The van der Waals surface area contributed by atoms with E-state index in [0.717, 1.165) is 48.8 Å². The van der Waals surface area contributed by atoms with Gasteiger partial charge in [0.15, 0.2) is 0 Å². The predicted octanol–water partition coefficient (Wildman–Crippen LogP) is 3.40. The molecule has 0 unspecified atom stereocenters. The lowest BCUT2D eigenvalue weighted by molar-refractivity contribution is -0.148. The number of para-hydroxylation sites is 1. The first kappa shape index (κ1) is 18.6. The maximum absolute atomic E-state index is 13.2. The van der Waals surface area contributed by atoms with E-state index in [4.69, 9.17) is 0 Å². The largest absolute Gasteiger partial charge is 0.361 e. The van der Waals surface area contributed by atoms with Gasteiger partial charge in [-0.25, -0.2) is 0 Å². The first-order valence-electron chi connectivity index (χ1n) is 9.82. The van der Waals surface area contributed by atoms with Crippen molar-refractivity contribution in [3.63, 3.8) is 0 Å². The van der Waals surface area contributed by atoms with E-state index in [0.29, 0.717) is 12.8 Å². The van der Waals surface area contributed by atoms with E-state index in [1.54, 1.807) is 16.7 Å². The lowest BCUT2D eigenvalue weighted by Crippen LogP contribution is -2.53. The van der Waals surface area contributed by atoms with Gasteiger partial charge >= 0.3 is 0 Å². The number of aryl methyl sites for hydroxylation is 1. The van der Waals surface area contributed by atoms with Crippen LogP contribution >= 0.6 is 11.8 Å². The van der Waals surface area contributed by atoms with Crippen molar-refractivity contribution in [1.82, 2.24) is 14.8 Å². The van der Waals surface area contributed by atoms with Gasteiger partial charge in [0, 0.05) is 36.6 Å². The number of hydrogen-bond acceptors (Lipinski definition) is 4. The smallest absolute Gasteiger partial charge is 0.243 e. The van der Waals surface area contributed by atoms with Gasteiger partial charge in [0.1, 0.15) is 0 Å². The van der Waals surface area contributed by atoms with Crippen LogP contribution in [0.2, 0.25) is 0 Å². The number of nitrogens with one attached hydrogen (secondary N) is 1. The zero-order valence-corrected chi connectivity index (χ0v) is 16.8. The number of nitrogens with zero attached hydrogens (tertiary/aromatic N) is 2. The van der Waals surface area contributed by atoms with Crippen molar-refractivity contribution in [3.05, 3.63) is 36.0 Å². The van der Waals surface area contributed by atoms with Crippen molar-refractivity contribution in [1.29, 1.82) is 0 Å². The molecule has 1 aromatic heterocycles. The number of H-pyrrole nitrogens is 1. The SMILES string of the molecule is CC[C@@H]1SC2(CCN(C)CC2)N(C(=O)CCc2c[nH]c3ccccc23)C1=O. The number of amides is 2. The van der Waals surface area contributed by atoms with Gasteiger partial charge < -0.3 is 9.88 Å². The number of likely N-dealkylation sites (tertiary alicyclic amines) is 1. The van der Waals surface area contributed by atoms with Gasteiger partial charge in [0.25, 0.3) is 0 Å². The Bertz CT molecular complexity index is 854. The number of piperidine rings is 1. The lowest BCUT2D eigenvalue weighted by Gasteiger charge is -2.42. The summed E-state index contributed by atoms with van der Waals surface area (Å²) in [6.07, 6.45) is 5.54. The van der Waals surface area contributed by atoms with E-state index >= 15 is 0 Å². The number of fused-ring (bicyclic) bond motifs is 1. The van der Waals surface area contributed by atoms with E-state index in [-0.39, 0.29) is 21.9 Å². The molecule has 6 heteroatoms. The van der Waals surface area contributed by atoms with Gasteiger partial charge in [-0.3, -0.25) is 14.5 Å². The van der Waals surface area contributed by atoms with Crippen LogP contribution in [0.15, 0.2) is 30.5 Å². The second-order valence-corrected chi connectivity index (χ2v) is 9.26. The third-order valence-corrected chi connectivity index (χ3v) is 7.79. The van der Waals surface area contributed by atoms with Crippen LogP contribution in [0.25, 0.3) is 10.9 Å². The first-order valence-corrected chi connectivity index (χ1v) is 10.7. The Morgan fingerprint density at radius 1 is 1.30 bits per heavy atom. The molecule has 2 amide bonds. The Labute approximate surface area is 164 Å². The number of benzene rings is 1. The number of carbonyl (C=O) groups is 2. The summed E-state index contributed by atoms with van der Waals surface area (Å²) in [5.41, 5.74) is 2.23. The molecular formula is C21H27N3O2S. The maximum atomic E-state index is 13.2. The molecule has 1 N–H and O–H groups in total. The molecule has 0 aliphatic carbocycles. The standard InChI is InChI=1S/C21H27N3O2S/c1-3-18-20(26)24(21(27-18)10-12-23(2)13-11-21)19(25)9-8-15-14-22-17-7-5-4-6-16(15)17/h4-7,14,18,22H,3,8-13H2,1-2H3/t18-/m0/s1. The normalized spacial score (nSPS) is 22.8. The van der Waals surface area contributed by atoms with Gasteiger partial charge in [-0.2, -0.15) is 0 Å². The Morgan fingerprint density at radius 2 is 2.04 bits per heavy atom. The average Bonchev–Trinajstić information content (AvgIpc) is 3.21. The molecule has 144 valence electrons. The molecule has 2 saturated heterocycles. The fourth-order valence-corrected chi connectivity index (χ4v) is 5.94. The summed E-state index contributed by atoms with van der Waals surface area (Å²) < 4.78 is 0. The monoisotopic (exact) mass is 385 g/mol. The molecule has 1 spiro atoms. The molecule has 2 fully saturated rings. The third-order valence-electron chi connectivity index (χ3n) is 5.94. The van der Waals surface area contributed by atoms with Crippen LogP contribution in [0.4, 0.5) is 0 Å². The predicted molar refractivity (Wildman–Crippen MR) is 110 cm³/mol. The molecule has 3 heterocycles. The molecule has 2 aromatic rings. The molecule has 2 aliphatic heterocycles. The van der Waals surface area contributed by atoms with E-state index in [2.05, 4.69) is 23.0 Å². The number of thioether (sulfide) groups is 1. The summed E-state index contributed by atoms with van der Waals surface area (Å²) in [5.74, 6) is 0.00858. The Hall–Kier alpha value is -1.79. The number of carbonyl (C=O) groups excluding carboxylic acids is 2. The highest BCUT2D eigenvalue weighted by molar-refractivity contribution is 8.02. The summed E-state index contributed by atoms with van der Waals surface area (Å²) in [7, 11) is 2.11. The summed E-state index contributed by atoms with van der Waals surface area (Å²) in [6.45, 7) is 3.91. The fourth-order valence-electron chi connectivity index (χ4n) is 4.32. The molecule has 2 aliphatic rings. The minimum Gasteiger partial charge on any atom is -0.361 e. The van der Waals surface area contributed by atoms with Crippen LogP contribution in [0.5, 0.6) is 0 Å². The molecule has 4 rings (SSSR count). The van der Waals surface area contributed by atoms with Gasteiger partial charge in [0.2, 0.25) is 11.8 Å². The van der Waals surface area contributed by atoms with Crippen LogP contribution < -0.4 is 0 Å². The van der Waals surface area contributed by atoms with E-state index in [9.17, 15) is 9.59 Å². The van der Waals surface area contributed by atoms with Crippen LogP contribution in [-0.2, 0) is 16.0 Å². The van der Waals surface area contributed by atoms with E-state index < -0.39 is 0 Å². The second-order valence-electron chi connectivity index (χ2n) is 7.69. The van der Waals surface area contributed by atoms with Crippen molar-refractivity contribution in [2.24, 2.45) is 0 Å². The zero-order chi connectivity index (χ0) is 19.0. The summed E-state index contributed by atoms with van der Waals surface area (Å²) in [4.78, 5) is 33.0. The fraction of sp³-hybridized carbons (Fsp3) is 0.524. The van der Waals surface area contributed by atoms with E-state index in [1.165, 1.54) is 0 Å². The Kier molecular flexibility index (Phi) is 5.03. The molecule has 5 nitrogen and oxygen atoms in total. The molecule has 0 radical (unpaired) electrons. The number of hydrogen-bond donors (Lipinski definition) is 1. The van der Waals surface area contributed by atoms with Crippen LogP contribution in [0.1, 0.15) is 38.2 Å². The average molecular weight is 386 g/mol. The highest BCUT2D eigenvalue weighted by atomic mass is 32.2. The Balaban J connectivity index is 1.52. The molecule has 27 heavy (non-hydrogen) atoms. The highest BCUT2D eigenvalue weighted by Gasteiger charge is 2.54. The molecule has 1 aromatic carbocycles. The van der Waals surface area contributed by atoms with Crippen molar-refractivity contribution >= 4 is 34.5 Å².